The van der Waals surface area contributed by atoms with Gasteiger partial charge in [0.05, 0.1) is 13.2 Å². The number of ether oxygens (including phenoxy) is 1. The van der Waals surface area contributed by atoms with Gasteiger partial charge in [0, 0.05) is 13.1 Å². The van der Waals surface area contributed by atoms with Crippen molar-refractivity contribution in [1.82, 2.24) is 10.2 Å². The van der Waals surface area contributed by atoms with Gasteiger partial charge in [0.15, 0.2) is 0 Å². The van der Waals surface area contributed by atoms with Crippen molar-refractivity contribution in [3.63, 3.8) is 0 Å². The van der Waals surface area contributed by atoms with Crippen molar-refractivity contribution in [3.8, 4) is 5.75 Å². The lowest BCUT2D eigenvalue weighted by Gasteiger charge is -2.25. The molecule has 1 heterocycles. The Morgan fingerprint density at radius 1 is 1.08 bits per heavy atom. The third kappa shape index (κ3) is 4.01. The van der Waals surface area contributed by atoms with E-state index in [2.05, 4.69) is 62.5 Å². The molecule has 1 atom stereocenters. The summed E-state index contributed by atoms with van der Waals surface area (Å²) in [5.41, 5.74) is 3.83. The minimum Gasteiger partial charge on any atom is -0.497 e. The Kier molecular flexibility index (Phi) is 5.21. The van der Waals surface area contributed by atoms with Crippen LogP contribution >= 0.6 is 0 Å². The highest BCUT2D eigenvalue weighted by Gasteiger charge is 2.31. The minimum absolute atomic E-state index is 0.0170. The van der Waals surface area contributed by atoms with Gasteiger partial charge in [-0.15, -0.1) is 0 Å². The number of nitrogens with zero attached hydrogens (tertiary/aromatic N) is 1. The second kappa shape index (κ2) is 7.40. The molecule has 2 aromatic carbocycles. The van der Waals surface area contributed by atoms with E-state index in [4.69, 9.17) is 4.74 Å². The first-order valence-electron chi connectivity index (χ1n) is 9.16. The zero-order valence-electron chi connectivity index (χ0n) is 16.1. The number of rotatable bonds is 5. The van der Waals surface area contributed by atoms with E-state index in [9.17, 15) is 4.79 Å². The summed E-state index contributed by atoms with van der Waals surface area (Å²) in [6, 6.07) is 16.8. The molecule has 0 aliphatic carbocycles. The van der Waals surface area contributed by atoms with Gasteiger partial charge in [0.2, 0.25) is 0 Å². The summed E-state index contributed by atoms with van der Waals surface area (Å²) >= 11 is 0. The SMILES string of the molecule is COc1ccc(CCN2C(=O)NCC2c2ccc(C(C)(C)C)cc2)cc1. The number of methoxy groups -OCH3 is 1. The highest BCUT2D eigenvalue weighted by molar-refractivity contribution is 5.77. The van der Waals surface area contributed by atoms with Crippen LogP contribution in [0, 0.1) is 0 Å². The van der Waals surface area contributed by atoms with E-state index in [-0.39, 0.29) is 17.5 Å². The number of carbonyl (C=O) groups excluding carboxylic acids is 1. The number of amides is 2. The molecule has 1 aliphatic heterocycles. The lowest BCUT2D eigenvalue weighted by Crippen LogP contribution is -2.31. The Balaban J connectivity index is 1.70. The number of hydrogen-bond donors (Lipinski definition) is 1. The Morgan fingerprint density at radius 2 is 1.73 bits per heavy atom. The van der Waals surface area contributed by atoms with Gasteiger partial charge in [-0.2, -0.15) is 0 Å². The van der Waals surface area contributed by atoms with Crippen molar-refractivity contribution in [2.45, 2.75) is 38.6 Å². The molecular formula is C22H28N2O2. The minimum atomic E-state index is 0.0170. The fraction of sp³-hybridized carbons (Fsp3) is 0.409. The third-order valence-corrected chi connectivity index (χ3v) is 5.05. The molecule has 0 spiro atoms. The van der Waals surface area contributed by atoms with Crippen LogP contribution in [0.15, 0.2) is 48.5 Å². The van der Waals surface area contributed by atoms with E-state index < -0.39 is 0 Å². The van der Waals surface area contributed by atoms with Crippen LogP contribution in [0.25, 0.3) is 0 Å². The van der Waals surface area contributed by atoms with Crippen LogP contribution in [-0.4, -0.2) is 31.1 Å². The van der Waals surface area contributed by atoms with Gasteiger partial charge in [-0.05, 0) is 40.7 Å². The standard InChI is InChI=1S/C22H28N2O2/c1-22(2,3)18-9-7-17(8-10-18)20-15-23-21(25)24(20)14-13-16-5-11-19(26-4)12-6-16/h5-12,20H,13-15H2,1-4H3,(H,23,25). The average molecular weight is 352 g/mol. The molecule has 1 unspecified atom stereocenters. The summed E-state index contributed by atoms with van der Waals surface area (Å²) in [4.78, 5) is 14.2. The molecular weight excluding hydrogens is 324 g/mol. The molecule has 4 heteroatoms. The quantitative estimate of drug-likeness (QED) is 0.871. The van der Waals surface area contributed by atoms with Crippen LogP contribution in [0.2, 0.25) is 0 Å². The molecule has 3 rings (SSSR count). The zero-order chi connectivity index (χ0) is 18.7. The fourth-order valence-corrected chi connectivity index (χ4v) is 3.34. The molecule has 1 fully saturated rings. The van der Waals surface area contributed by atoms with Gasteiger partial charge in [0.1, 0.15) is 5.75 Å². The van der Waals surface area contributed by atoms with Crippen LogP contribution in [-0.2, 0) is 11.8 Å². The average Bonchev–Trinajstić information content (AvgIpc) is 3.00. The predicted octanol–water partition coefficient (Wildman–Crippen LogP) is 4.30. The lowest BCUT2D eigenvalue weighted by molar-refractivity contribution is 0.205. The smallest absolute Gasteiger partial charge is 0.318 e. The summed E-state index contributed by atoms with van der Waals surface area (Å²) in [6.07, 6.45) is 0.827. The summed E-state index contributed by atoms with van der Waals surface area (Å²) in [6.45, 7) is 8.00. The van der Waals surface area contributed by atoms with E-state index in [0.29, 0.717) is 13.1 Å². The van der Waals surface area contributed by atoms with E-state index >= 15 is 0 Å². The van der Waals surface area contributed by atoms with Gasteiger partial charge in [-0.25, -0.2) is 4.79 Å². The van der Waals surface area contributed by atoms with Crippen molar-refractivity contribution < 1.29 is 9.53 Å². The van der Waals surface area contributed by atoms with Crippen molar-refractivity contribution in [3.05, 3.63) is 65.2 Å². The number of hydrogen-bond acceptors (Lipinski definition) is 2. The molecule has 2 amide bonds. The van der Waals surface area contributed by atoms with E-state index in [1.54, 1.807) is 7.11 Å². The highest BCUT2D eigenvalue weighted by atomic mass is 16.5. The van der Waals surface area contributed by atoms with Gasteiger partial charge < -0.3 is 15.0 Å². The number of urea groups is 1. The van der Waals surface area contributed by atoms with Crippen LogP contribution in [0.5, 0.6) is 5.75 Å². The first-order valence-corrected chi connectivity index (χ1v) is 9.16. The maximum atomic E-state index is 12.3. The highest BCUT2D eigenvalue weighted by Crippen LogP contribution is 2.28. The molecule has 0 bridgehead atoms. The van der Waals surface area contributed by atoms with E-state index in [1.807, 2.05) is 17.0 Å². The summed E-state index contributed by atoms with van der Waals surface area (Å²) in [5.74, 6) is 0.851. The Bertz CT molecular complexity index is 745. The monoisotopic (exact) mass is 352 g/mol. The molecule has 4 nitrogen and oxygen atoms in total. The predicted molar refractivity (Wildman–Crippen MR) is 105 cm³/mol. The number of carbonyl (C=O) groups is 1. The first-order chi connectivity index (χ1) is 12.4. The van der Waals surface area contributed by atoms with Crippen molar-refractivity contribution in [2.75, 3.05) is 20.2 Å². The molecule has 0 radical (unpaired) electrons. The summed E-state index contributed by atoms with van der Waals surface area (Å²) in [5, 5.41) is 2.98. The molecule has 0 aromatic heterocycles. The Hall–Kier alpha value is -2.49. The van der Waals surface area contributed by atoms with Gasteiger partial charge in [-0.3, -0.25) is 0 Å². The molecule has 2 aromatic rings. The van der Waals surface area contributed by atoms with Gasteiger partial charge in [-0.1, -0.05) is 57.2 Å². The maximum absolute atomic E-state index is 12.3. The van der Waals surface area contributed by atoms with Crippen molar-refractivity contribution in [2.24, 2.45) is 0 Å². The fourth-order valence-electron chi connectivity index (χ4n) is 3.34. The molecule has 1 aliphatic rings. The van der Waals surface area contributed by atoms with Crippen LogP contribution in [0.1, 0.15) is 43.5 Å². The Morgan fingerprint density at radius 3 is 2.31 bits per heavy atom. The molecule has 1 N–H and O–H groups in total. The Labute approximate surface area is 156 Å². The third-order valence-electron chi connectivity index (χ3n) is 5.05. The number of benzene rings is 2. The molecule has 0 saturated carbocycles. The van der Waals surface area contributed by atoms with E-state index in [1.165, 1.54) is 16.7 Å². The number of nitrogens with one attached hydrogen (secondary N) is 1. The van der Waals surface area contributed by atoms with Crippen LogP contribution in [0.4, 0.5) is 4.79 Å². The topological polar surface area (TPSA) is 41.6 Å². The lowest BCUT2D eigenvalue weighted by atomic mass is 9.86. The normalized spacial score (nSPS) is 17.3. The van der Waals surface area contributed by atoms with Gasteiger partial charge >= 0.3 is 6.03 Å². The van der Waals surface area contributed by atoms with Crippen molar-refractivity contribution >= 4 is 6.03 Å². The molecule has 1 saturated heterocycles. The maximum Gasteiger partial charge on any atom is 0.318 e. The van der Waals surface area contributed by atoms with Gasteiger partial charge in [0.25, 0.3) is 0 Å². The molecule has 26 heavy (non-hydrogen) atoms. The zero-order valence-corrected chi connectivity index (χ0v) is 16.1. The van der Waals surface area contributed by atoms with Crippen LogP contribution < -0.4 is 10.1 Å². The van der Waals surface area contributed by atoms with E-state index in [0.717, 1.165) is 12.2 Å². The van der Waals surface area contributed by atoms with Crippen LogP contribution in [0.3, 0.4) is 0 Å². The molecule has 138 valence electrons. The first kappa shape index (κ1) is 18.3. The largest absolute Gasteiger partial charge is 0.497 e. The van der Waals surface area contributed by atoms with Crippen molar-refractivity contribution in [1.29, 1.82) is 0 Å². The second-order valence-electron chi connectivity index (χ2n) is 7.87. The summed E-state index contributed by atoms with van der Waals surface area (Å²) in [7, 11) is 1.67. The second-order valence-corrected chi connectivity index (χ2v) is 7.87. The summed E-state index contributed by atoms with van der Waals surface area (Å²) < 4.78 is 5.20.